The molecule has 2 rings (SSSR count). The summed E-state index contributed by atoms with van der Waals surface area (Å²) in [6.07, 6.45) is 2.07. The molecule has 0 radical (unpaired) electrons. The van der Waals surface area contributed by atoms with E-state index in [0.717, 1.165) is 38.4 Å². The number of benzene rings is 1. The Morgan fingerprint density at radius 2 is 2.21 bits per heavy atom. The molecule has 0 amide bonds. The molecule has 0 fully saturated rings. The summed E-state index contributed by atoms with van der Waals surface area (Å²) in [7, 11) is 0. The van der Waals surface area contributed by atoms with Gasteiger partial charge in [-0.2, -0.15) is 5.26 Å². The predicted molar refractivity (Wildman–Crippen MR) is 76.0 cm³/mol. The summed E-state index contributed by atoms with van der Waals surface area (Å²) >= 11 is 0. The molecule has 1 aromatic carbocycles. The number of hydrogen-bond donors (Lipinski definition) is 1. The molecule has 0 spiro atoms. The number of hydrogen-bond acceptors (Lipinski definition) is 3. The topological polar surface area (TPSA) is 50.0 Å². The molecule has 2 aromatic rings. The molecule has 4 nitrogen and oxygen atoms in total. The largest absolute Gasteiger partial charge is 0.380 e. The lowest BCUT2D eigenvalue weighted by molar-refractivity contribution is 0.149. The van der Waals surface area contributed by atoms with Crippen molar-refractivity contribution in [2.24, 2.45) is 0 Å². The van der Waals surface area contributed by atoms with E-state index in [0.29, 0.717) is 5.56 Å². The molecule has 0 bridgehead atoms. The van der Waals surface area contributed by atoms with E-state index < -0.39 is 0 Å². The Balaban J connectivity index is 1.92. The molecule has 0 aliphatic carbocycles. The number of nitrogens with zero attached hydrogens (tertiary/aromatic N) is 2. The zero-order chi connectivity index (χ0) is 13.5. The first-order chi connectivity index (χ1) is 9.35. The monoisotopic (exact) mass is 257 g/mol. The number of fused-ring (bicyclic) bond motifs is 1. The van der Waals surface area contributed by atoms with Crippen molar-refractivity contribution in [2.75, 3.05) is 26.3 Å². The van der Waals surface area contributed by atoms with Crippen LogP contribution in [0.1, 0.15) is 12.5 Å². The molecule has 4 heteroatoms. The summed E-state index contributed by atoms with van der Waals surface area (Å²) in [6.45, 7) is 6.18. The molecule has 100 valence electrons. The highest BCUT2D eigenvalue weighted by atomic mass is 16.5. The van der Waals surface area contributed by atoms with Crippen molar-refractivity contribution in [2.45, 2.75) is 13.5 Å². The fraction of sp³-hybridized carbons (Fsp3) is 0.400. The average Bonchev–Trinajstić information content (AvgIpc) is 2.85. The first-order valence-electron chi connectivity index (χ1n) is 6.62. The molecular weight excluding hydrogens is 238 g/mol. The molecule has 0 saturated carbocycles. The van der Waals surface area contributed by atoms with Crippen molar-refractivity contribution >= 4 is 10.9 Å². The standard InChI is InChI=1S/C15H19N3O/c1-2-19-10-7-17-6-9-18-8-5-14-4-3-13(12-16)11-15(14)18/h3-5,8,11,17H,2,6-7,9-10H2,1H3. The van der Waals surface area contributed by atoms with E-state index in [1.807, 2.05) is 25.1 Å². The number of nitrogens with one attached hydrogen (secondary N) is 1. The molecular formula is C15H19N3O. The number of nitriles is 1. The molecule has 0 aliphatic heterocycles. The van der Waals surface area contributed by atoms with E-state index in [2.05, 4.69) is 28.2 Å². The van der Waals surface area contributed by atoms with Crippen LogP contribution in [-0.2, 0) is 11.3 Å². The number of rotatable bonds is 7. The van der Waals surface area contributed by atoms with Gasteiger partial charge in [-0.15, -0.1) is 0 Å². The van der Waals surface area contributed by atoms with Crippen LogP contribution in [-0.4, -0.2) is 30.9 Å². The van der Waals surface area contributed by atoms with Gasteiger partial charge in [0.05, 0.1) is 18.2 Å². The van der Waals surface area contributed by atoms with E-state index in [1.165, 1.54) is 5.39 Å². The lowest BCUT2D eigenvalue weighted by Crippen LogP contribution is -2.23. The van der Waals surface area contributed by atoms with Gasteiger partial charge < -0.3 is 14.6 Å². The first kappa shape index (κ1) is 13.6. The zero-order valence-corrected chi connectivity index (χ0v) is 11.2. The molecule has 0 aliphatic rings. The summed E-state index contributed by atoms with van der Waals surface area (Å²) in [5.74, 6) is 0. The van der Waals surface area contributed by atoms with Crippen LogP contribution in [0.4, 0.5) is 0 Å². The van der Waals surface area contributed by atoms with Crippen LogP contribution in [0.5, 0.6) is 0 Å². The van der Waals surface area contributed by atoms with Gasteiger partial charge in [-0.3, -0.25) is 0 Å². The second-order valence-corrected chi connectivity index (χ2v) is 4.34. The number of aromatic nitrogens is 1. The van der Waals surface area contributed by atoms with Gasteiger partial charge in [0.2, 0.25) is 0 Å². The second-order valence-electron chi connectivity index (χ2n) is 4.34. The Morgan fingerprint density at radius 1 is 1.32 bits per heavy atom. The van der Waals surface area contributed by atoms with Gasteiger partial charge in [-0.25, -0.2) is 0 Å². The fourth-order valence-electron chi connectivity index (χ4n) is 2.06. The molecule has 1 aromatic heterocycles. The average molecular weight is 257 g/mol. The van der Waals surface area contributed by atoms with Crippen molar-refractivity contribution in [1.29, 1.82) is 5.26 Å². The van der Waals surface area contributed by atoms with E-state index >= 15 is 0 Å². The normalized spacial score (nSPS) is 10.7. The van der Waals surface area contributed by atoms with Gasteiger partial charge in [0.25, 0.3) is 0 Å². The Kier molecular flexibility index (Phi) is 4.96. The third-order valence-corrected chi connectivity index (χ3v) is 3.06. The van der Waals surface area contributed by atoms with Crippen LogP contribution in [0, 0.1) is 11.3 Å². The molecule has 0 atom stereocenters. The summed E-state index contributed by atoms with van der Waals surface area (Å²) in [6, 6.07) is 10.0. The van der Waals surface area contributed by atoms with Gasteiger partial charge >= 0.3 is 0 Å². The predicted octanol–water partition coefficient (Wildman–Crippen LogP) is 2.14. The maximum Gasteiger partial charge on any atom is 0.0992 e. The van der Waals surface area contributed by atoms with E-state index in [1.54, 1.807) is 0 Å². The quantitative estimate of drug-likeness (QED) is 0.773. The SMILES string of the molecule is CCOCCNCCn1ccc2ccc(C#N)cc21. The minimum absolute atomic E-state index is 0.705. The van der Waals surface area contributed by atoms with Crippen LogP contribution < -0.4 is 5.32 Å². The molecule has 0 unspecified atom stereocenters. The van der Waals surface area contributed by atoms with Crippen molar-refractivity contribution in [1.82, 2.24) is 9.88 Å². The minimum atomic E-state index is 0.705. The van der Waals surface area contributed by atoms with Crippen LogP contribution in [0.2, 0.25) is 0 Å². The van der Waals surface area contributed by atoms with Gasteiger partial charge in [-0.1, -0.05) is 6.07 Å². The molecule has 1 heterocycles. The van der Waals surface area contributed by atoms with Crippen molar-refractivity contribution in [3.63, 3.8) is 0 Å². The number of ether oxygens (including phenoxy) is 1. The Morgan fingerprint density at radius 3 is 3.00 bits per heavy atom. The van der Waals surface area contributed by atoms with E-state index in [9.17, 15) is 0 Å². The Labute approximate surface area is 113 Å². The lowest BCUT2D eigenvalue weighted by atomic mass is 10.2. The van der Waals surface area contributed by atoms with E-state index in [-0.39, 0.29) is 0 Å². The lowest BCUT2D eigenvalue weighted by Gasteiger charge is -2.07. The highest BCUT2D eigenvalue weighted by Gasteiger charge is 2.01. The Hall–Kier alpha value is -1.83. The summed E-state index contributed by atoms with van der Waals surface area (Å²) in [5, 5.41) is 13.5. The van der Waals surface area contributed by atoms with Crippen molar-refractivity contribution in [3.8, 4) is 6.07 Å². The minimum Gasteiger partial charge on any atom is -0.380 e. The second kappa shape index (κ2) is 6.93. The van der Waals surface area contributed by atoms with Gasteiger partial charge in [-0.05, 0) is 30.5 Å². The summed E-state index contributed by atoms with van der Waals surface area (Å²) in [5.41, 5.74) is 1.82. The molecule has 19 heavy (non-hydrogen) atoms. The van der Waals surface area contributed by atoms with Crippen LogP contribution in [0.3, 0.4) is 0 Å². The highest BCUT2D eigenvalue weighted by Crippen LogP contribution is 2.17. The van der Waals surface area contributed by atoms with Crippen LogP contribution in [0.25, 0.3) is 10.9 Å². The van der Waals surface area contributed by atoms with Crippen molar-refractivity contribution in [3.05, 3.63) is 36.0 Å². The van der Waals surface area contributed by atoms with E-state index in [4.69, 9.17) is 10.00 Å². The van der Waals surface area contributed by atoms with Crippen molar-refractivity contribution < 1.29 is 4.74 Å². The third-order valence-electron chi connectivity index (χ3n) is 3.06. The maximum absolute atomic E-state index is 8.94. The Bertz CT molecular complexity index is 568. The first-order valence-corrected chi connectivity index (χ1v) is 6.62. The highest BCUT2D eigenvalue weighted by molar-refractivity contribution is 5.81. The van der Waals surface area contributed by atoms with Crippen LogP contribution in [0.15, 0.2) is 30.5 Å². The third kappa shape index (κ3) is 3.57. The van der Waals surface area contributed by atoms with Gasteiger partial charge in [0.1, 0.15) is 0 Å². The smallest absolute Gasteiger partial charge is 0.0992 e. The summed E-state index contributed by atoms with van der Waals surface area (Å²) < 4.78 is 7.44. The molecule has 1 N–H and O–H groups in total. The fourth-order valence-corrected chi connectivity index (χ4v) is 2.06. The van der Waals surface area contributed by atoms with Gasteiger partial charge in [0, 0.05) is 38.0 Å². The maximum atomic E-state index is 8.94. The summed E-state index contributed by atoms with van der Waals surface area (Å²) in [4.78, 5) is 0. The molecule has 0 saturated heterocycles. The van der Waals surface area contributed by atoms with Crippen LogP contribution >= 0.6 is 0 Å². The van der Waals surface area contributed by atoms with Gasteiger partial charge in [0.15, 0.2) is 0 Å². The zero-order valence-electron chi connectivity index (χ0n) is 11.2.